The summed E-state index contributed by atoms with van der Waals surface area (Å²) < 4.78 is 5.98. The van der Waals surface area contributed by atoms with Crippen molar-refractivity contribution < 1.29 is 9.35 Å². The third-order valence-corrected chi connectivity index (χ3v) is 3.51. The maximum Gasteiger partial charge on any atom is 0.208 e. The summed E-state index contributed by atoms with van der Waals surface area (Å²) >= 11 is 0. The van der Waals surface area contributed by atoms with Gasteiger partial charge < -0.3 is 4.43 Å². The van der Waals surface area contributed by atoms with E-state index in [0.29, 0.717) is 5.56 Å². The molecule has 1 rings (SSSR count). The van der Waals surface area contributed by atoms with Gasteiger partial charge in [-0.3, -0.25) is 10.1 Å². The summed E-state index contributed by atoms with van der Waals surface area (Å²) in [4.78, 5) is 10.2. The van der Waals surface area contributed by atoms with Crippen LogP contribution in [0.4, 0.5) is 0 Å². The first-order chi connectivity index (χ1) is 8.79. The van der Waals surface area contributed by atoms with Gasteiger partial charge in [0.05, 0.1) is 6.42 Å². The summed E-state index contributed by atoms with van der Waals surface area (Å²) in [7, 11) is -2.01. The lowest BCUT2D eigenvalue weighted by atomic mass is 9.92. The highest BCUT2D eigenvalue weighted by atomic mass is 28.4. The van der Waals surface area contributed by atoms with E-state index in [4.69, 9.17) is 4.43 Å². The van der Waals surface area contributed by atoms with Gasteiger partial charge >= 0.3 is 0 Å². The molecule has 0 aliphatic heterocycles. The molecule has 19 heavy (non-hydrogen) atoms. The van der Waals surface area contributed by atoms with Crippen LogP contribution in [0, 0.1) is 21.4 Å². The predicted molar refractivity (Wildman–Crippen MR) is 74.6 cm³/mol. The molecule has 1 atom stereocenters. The van der Waals surface area contributed by atoms with E-state index in [1.54, 1.807) is 24.3 Å². The molecule has 0 saturated carbocycles. The average Bonchev–Trinajstić information content (AvgIpc) is 2.34. The van der Waals surface area contributed by atoms with Gasteiger partial charge in [-0.2, -0.15) is 5.26 Å². The number of nitriles is 1. The van der Waals surface area contributed by atoms with E-state index in [0.717, 1.165) is 0 Å². The first-order valence-electron chi connectivity index (χ1n) is 6.08. The Hall–Kier alpha value is -1.71. The Balaban J connectivity index is 3.14. The first-order valence-corrected chi connectivity index (χ1v) is 9.49. The van der Waals surface area contributed by atoms with Gasteiger partial charge in [0.15, 0.2) is 13.9 Å². The lowest BCUT2D eigenvalue weighted by molar-refractivity contribution is -0.483. The van der Waals surface area contributed by atoms with E-state index in [-0.39, 0.29) is 13.0 Å². The highest BCUT2D eigenvalue weighted by Crippen LogP contribution is 2.32. The van der Waals surface area contributed by atoms with E-state index in [9.17, 15) is 15.4 Å². The Bertz CT molecular complexity index is 479. The van der Waals surface area contributed by atoms with Gasteiger partial charge in [0.25, 0.3) is 0 Å². The first kappa shape index (κ1) is 15.3. The summed E-state index contributed by atoms with van der Waals surface area (Å²) in [6.07, 6.45) is 0.0603. The van der Waals surface area contributed by atoms with E-state index < -0.39 is 18.8 Å². The monoisotopic (exact) mass is 278 g/mol. The third kappa shape index (κ3) is 4.46. The summed E-state index contributed by atoms with van der Waals surface area (Å²) in [5, 5.41) is 20.1. The van der Waals surface area contributed by atoms with E-state index >= 15 is 0 Å². The molecule has 0 aliphatic rings. The Labute approximate surface area is 114 Å². The molecule has 5 nitrogen and oxygen atoms in total. The lowest BCUT2D eigenvalue weighted by Gasteiger charge is -2.33. The van der Waals surface area contributed by atoms with Crippen LogP contribution in [0.5, 0.6) is 0 Å². The van der Waals surface area contributed by atoms with Gasteiger partial charge in [-0.25, -0.2) is 0 Å². The second-order valence-corrected chi connectivity index (χ2v) is 9.75. The topological polar surface area (TPSA) is 76.2 Å². The van der Waals surface area contributed by atoms with Crippen molar-refractivity contribution in [2.24, 2.45) is 0 Å². The fourth-order valence-corrected chi connectivity index (χ4v) is 3.19. The zero-order chi connectivity index (χ0) is 14.5. The molecule has 0 aliphatic carbocycles. The molecule has 1 aromatic rings. The molecule has 0 heterocycles. The second-order valence-electron chi connectivity index (χ2n) is 5.33. The summed E-state index contributed by atoms with van der Waals surface area (Å²) in [5.74, 6) is 0. The molecule has 0 aromatic heterocycles. The van der Waals surface area contributed by atoms with Crippen LogP contribution in [0.15, 0.2) is 30.3 Å². The molecule has 0 N–H and O–H groups in total. The number of hydrogen-bond donors (Lipinski definition) is 0. The van der Waals surface area contributed by atoms with Crippen LogP contribution < -0.4 is 0 Å². The van der Waals surface area contributed by atoms with E-state index in [1.807, 2.05) is 25.7 Å². The average molecular weight is 278 g/mol. The molecule has 1 aromatic carbocycles. The van der Waals surface area contributed by atoms with Crippen molar-refractivity contribution in [2.45, 2.75) is 31.7 Å². The van der Waals surface area contributed by atoms with E-state index in [2.05, 4.69) is 6.07 Å². The summed E-state index contributed by atoms with van der Waals surface area (Å²) in [6.45, 7) is 5.61. The molecule has 0 amide bonds. The maximum atomic E-state index is 10.6. The SMILES string of the molecule is C[Si](C)(C)O[C@](C#N)(CC[N+](=O)[O-])c1ccccc1. The van der Waals surface area contributed by atoms with Gasteiger partial charge in [-0.15, -0.1) is 0 Å². The van der Waals surface area contributed by atoms with Crippen LogP contribution in [-0.4, -0.2) is 19.8 Å². The Kier molecular flexibility index (Phi) is 4.81. The zero-order valence-corrected chi connectivity index (χ0v) is 12.4. The molecule has 0 unspecified atom stereocenters. The Morgan fingerprint density at radius 2 is 1.95 bits per heavy atom. The highest BCUT2D eigenvalue weighted by molar-refractivity contribution is 6.69. The molecule has 0 fully saturated rings. The molecular weight excluding hydrogens is 260 g/mol. The van der Waals surface area contributed by atoms with Crippen molar-refractivity contribution in [3.63, 3.8) is 0 Å². The molecule has 0 saturated heterocycles. The fraction of sp³-hybridized carbons (Fsp3) is 0.462. The second kappa shape index (κ2) is 5.95. The van der Waals surface area contributed by atoms with Crippen LogP contribution >= 0.6 is 0 Å². The quantitative estimate of drug-likeness (QED) is 0.455. The van der Waals surface area contributed by atoms with Crippen molar-refractivity contribution in [1.29, 1.82) is 5.26 Å². The molecule has 6 heteroatoms. The summed E-state index contributed by atoms with van der Waals surface area (Å²) in [6, 6.07) is 11.2. The number of rotatable bonds is 6. The van der Waals surface area contributed by atoms with Crippen molar-refractivity contribution >= 4 is 8.32 Å². The number of hydrogen-bond acceptors (Lipinski definition) is 4. The van der Waals surface area contributed by atoms with Crippen molar-refractivity contribution in [1.82, 2.24) is 0 Å². The van der Waals surface area contributed by atoms with Crippen LogP contribution in [0.2, 0.25) is 19.6 Å². The molecule has 0 spiro atoms. The standard InChI is InChI=1S/C13H18N2O3Si/c1-19(2,3)18-13(11-14,9-10-15(16)17)12-7-5-4-6-8-12/h4-8H,9-10H2,1-3H3/t13-/m0/s1. The molecular formula is C13H18N2O3Si. The Morgan fingerprint density at radius 1 is 1.37 bits per heavy atom. The normalized spacial score (nSPS) is 14.4. The van der Waals surface area contributed by atoms with Crippen molar-refractivity contribution in [3.05, 3.63) is 46.0 Å². The largest absolute Gasteiger partial charge is 0.396 e. The minimum atomic E-state index is -2.01. The lowest BCUT2D eigenvalue weighted by Crippen LogP contribution is -2.41. The minimum absolute atomic E-state index is 0.0603. The van der Waals surface area contributed by atoms with Gasteiger partial charge in [0.2, 0.25) is 6.54 Å². The molecule has 0 bridgehead atoms. The van der Waals surface area contributed by atoms with Crippen LogP contribution in [0.3, 0.4) is 0 Å². The number of benzene rings is 1. The smallest absolute Gasteiger partial charge is 0.208 e. The van der Waals surface area contributed by atoms with Crippen LogP contribution in [0.25, 0.3) is 0 Å². The van der Waals surface area contributed by atoms with Gasteiger partial charge in [0, 0.05) is 4.92 Å². The van der Waals surface area contributed by atoms with Gasteiger partial charge in [0.1, 0.15) is 6.07 Å². The maximum absolute atomic E-state index is 10.6. The van der Waals surface area contributed by atoms with Gasteiger partial charge in [-0.1, -0.05) is 30.3 Å². The highest BCUT2D eigenvalue weighted by Gasteiger charge is 2.39. The fourth-order valence-electron chi connectivity index (χ4n) is 1.88. The number of nitro groups is 1. The van der Waals surface area contributed by atoms with Crippen LogP contribution in [-0.2, 0) is 10.0 Å². The van der Waals surface area contributed by atoms with Crippen molar-refractivity contribution in [3.8, 4) is 6.07 Å². The molecule has 102 valence electrons. The predicted octanol–water partition coefficient (Wildman–Crippen LogP) is 2.92. The van der Waals surface area contributed by atoms with Crippen molar-refractivity contribution in [2.75, 3.05) is 6.54 Å². The van der Waals surface area contributed by atoms with E-state index in [1.165, 1.54) is 0 Å². The third-order valence-electron chi connectivity index (χ3n) is 2.55. The minimum Gasteiger partial charge on any atom is -0.396 e. The summed E-state index contributed by atoms with van der Waals surface area (Å²) in [5.41, 5.74) is -0.541. The molecule has 0 radical (unpaired) electrons. The zero-order valence-electron chi connectivity index (χ0n) is 11.4. The number of nitrogens with zero attached hydrogens (tertiary/aromatic N) is 2. The Morgan fingerprint density at radius 3 is 2.37 bits per heavy atom. The van der Waals surface area contributed by atoms with Gasteiger partial charge in [-0.05, 0) is 25.2 Å². The van der Waals surface area contributed by atoms with Crippen LogP contribution in [0.1, 0.15) is 12.0 Å².